The molecule has 1 aromatic rings. The lowest BCUT2D eigenvalue weighted by Gasteiger charge is -2.33. The third-order valence-electron chi connectivity index (χ3n) is 4.16. The third-order valence-corrected chi connectivity index (χ3v) is 4.16. The fourth-order valence-electron chi connectivity index (χ4n) is 3.03. The largest absolute Gasteiger partial charge is 0.491 e. The molecule has 0 radical (unpaired) electrons. The minimum absolute atomic E-state index is 0.189. The first-order chi connectivity index (χ1) is 10.3. The number of piperidine rings is 1. The van der Waals surface area contributed by atoms with Crippen molar-refractivity contribution in [1.29, 1.82) is 0 Å². The molecule has 1 aromatic carbocycles. The van der Waals surface area contributed by atoms with Crippen molar-refractivity contribution in [3.8, 4) is 5.75 Å². The molecule has 1 amide bonds. The molecule has 3 rings (SSSR count). The van der Waals surface area contributed by atoms with Crippen molar-refractivity contribution in [1.82, 2.24) is 10.2 Å². The zero-order valence-corrected chi connectivity index (χ0v) is 12.4. The van der Waals surface area contributed by atoms with E-state index in [-0.39, 0.29) is 12.1 Å². The van der Waals surface area contributed by atoms with E-state index in [9.17, 15) is 4.79 Å². The van der Waals surface area contributed by atoms with Gasteiger partial charge in [-0.2, -0.15) is 0 Å². The van der Waals surface area contributed by atoms with Crippen LogP contribution in [-0.2, 0) is 4.74 Å². The number of nitrogens with zero attached hydrogens (tertiary/aromatic N) is 1. The first-order valence-corrected chi connectivity index (χ1v) is 7.67. The highest BCUT2D eigenvalue weighted by Crippen LogP contribution is 2.32. The minimum atomic E-state index is -0.189. The fraction of sp³-hybridized carbons (Fsp3) is 0.562. The van der Waals surface area contributed by atoms with Gasteiger partial charge >= 0.3 is 6.09 Å². The van der Waals surface area contributed by atoms with E-state index in [4.69, 9.17) is 9.47 Å². The Morgan fingerprint density at radius 2 is 2.14 bits per heavy atom. The van der Waals surface area contributed by atoms with Crippen LogP contribution in [0.15, 0.2) is 24.3 Å². The maximum Gasteiger partial charge on any atom is 0.409 e. The zero-order valence-electron chi connectivity index (χ0n) is 12.4. The molecule has 0 aliphatic carbocycles. The second kappa shape index (κ2) is 6.35. The molecular weight excluding hydrogens is 268 g/mol. The van der Waals surface area contributed by atoms with Crippen molar-refractivity contribution in [3.05, 3.63) is 29.8 Å². The van der Waals surface area contributed by atoms with Gasteiger partial charge in [0.2, 0.25) is 0 Å². The number of carbonyl (C=O) groups excluding carboxylic acids is 1. The van der Waals surface area contributed by atoms with E-state index in [0.29, 0.717) is 19.3 Å². The van der Waals surface area contributed by atoms with Gasteiger partial charge < -0.3 is 19.7 Å². The Hall–Kier alpha value is -1.75. The fourth-order valence-corrected chi connectivity index (χ4v) is 3.03. The van der Waals surface area contributed by atoms with Gasteiger partial charge in [0.25, 0.3) is 0 Å². The number of fused-ring (bicyclic) bond motifs is 1. The summed E-state index contributed by atoms with van der Waals surface area (Å²) in [7, 11) is 0. The zero-order chi connectivity index (χ0) is 14.7. The predicted octanol–water partition coefficient (Wildman–Crippen LogP) is 2.33. The lowest BCUT2D eigenvalue weighted by Crippen LogP contribution is -2.46. The highest BCUT2D eigenvalue weighted by molar-refractivity contribution is 5.67. The van der Waals surface area contributed by atoms with Crippen molar-refractivity contribution >= 4 is 6.09 Å². The van der Waals surface area contributed by atoms with E-state index in [1.54, 1.807) is 4.90 Å². The number of hydrogen-bond acceptors (Lipinski definition) is 4. The number of rotatable bonds is 3. The van der Waals surface area contributed by atoms with Crippen LogP contribution in [0.1, 0.15) is 31.4 Å². The lowest BCUT2D eigenvalue weighted by atomic mass is 10.0. The average molecular weight is 290 g/mol. The normalized spacial score (nSPS) is 21.8. The Kier molecular flexibility index (Phi) is 4.29. The van der Waals surface area contributed by atoms with E-state index in [2.05, 4.69) is 11.4 Å². The standard InChI is InChI=1S/C16H22N2O3/c1-2-20-16(19)18-9-7-12(8-10-18)17-14-11-21-15-6-4-3-5-13(14)15/h3-6,12,14,17H,2,7-11H2,1H3. The van der Waals surface area contributed by atoms with E-state index >= 15 is 0 Å². The van der Waals surface area contributed by atoms with Crippen LogP contribution in [0.3, 0.4) is 0 Å². The molecule has 5 heteroatoms. The van der Waals surface area contributed by atoms with Crippen molar-refractivity contribution < 1.29 is 14.3 Å². The van der Waals surface area contributed by atoms with Crippen LogP contribution >= 0.6 is 0 Å². The van der Waals surface area contributed by atoms with Crippen LogP contribution in [0.5, 0.6) is 5.75 Å². The van der Waals surface area contributed by atoms with Crippen molar-refractivity contribution in [2.75, 3.05) is 26.3 Å². The van der Waals surface area contributed by atoms with Crippen molar-refractivity contribution in [2.24, 2.45) is 0 Å². The molecule has 0 aromatic heterocycles. The number of nitrogens with one attached hydrogen (secondary N) is 1. The summed E-state index contributed by atoms with van der Waals surface area (Å²) in [6.07, 6.45) is 1.72. The molecule has 5 nitrogen and oxygen atoms in total. The maximum absolute atomic E-state index is 11.7. The lowest BCUT2D eigenvalue weighted by molar-refractivity contribution is 0.0938. The molecule has 2 aliphatic heterocycles. The van der Waals surface area contributed by atoms with Crippen molar-refractivity contribution in [2.45, 2.75) is 31.8 Å². The monoisotopic (exact) mass is 290 g/mol. The SMILES string of the molecule is CCOC(=O)N1CCC(NC2COc3ccccc32)CC1. The minimum Gasteiger partial charge on any atom is -0.491 e. The number of benzene rings is 1. The molecular formula is C16H22N2O3. The van der Waals surface area contributed by atoms with Gasteiger partial charge in [-0.05, 0) is 25.8 Å². The maximum atomic E-state index is 11.7. The summed E-state index contributed by atoms with van der Waals surface area (Å²) in [5, 5.41) is 3.66. The van der Waals surface area contributed by atoms with Crippen molar-refractivity contribution in [3.63, 3.8) is 0 Å². The molecule has 1 atom stereocenters. The molecule has 114 valence electrons. The second-order valence-corrected chi connectivity index (χ2v) is 5.53. The smallest absolute Gasteiger partial charge is 0.409 e. The van der Waals surface area contributed by atoms with Gasteiger partial charge in [-0.3, -0.25) is 0 Å². The molecule has 1 fully saturated rings. The number of likely N-dealkylation sites (tertiary alicyclic amines) is 1. The highest BCUT2D eigenvalue weighted by atomic mass is 16.6. The average Bonchev–Trinajstić information content (AvgIpc) is 2.92. The molecule has 1 unspecified atom stereocenters. The van der Waals surface area contributed by atoms with E-state index in [1.165, 1.54) is 5.56 Å². The number of hydrogen-bond donors (Lipinski definition) is 1. The predicted molar refractivity (Wildman–Crippen MR) is 79.4 cm³/mol. The Labute approximate surface area is 125 Å². The van der Waals surface area contributed by atoms with Crippen LogP contribution in [0.25, 0.3) is 0 Å². The van der Waals surface area contributed by atoms with E-state index in [1.807, 2.05) is 25.1 Å². The van der Waals surface area contributed by atoms with Crippen LogP contribution in [0.4, 0.5) is 4.79 Å². The van der Waals surface area contributed by atoms with Crippen LogP contribution < -0.4 is 10.1 Å². The van der Waals surface area contributed by atoms with Gasteiger partial charge in [-0.1, -0.05) is 18.2 Å². The summed E-state index contributed by atoms with van der Waals surface area (Å²) >= 11 is 0. The number of amides is 1. The van der Waals surface area contributed by atoms with Crippen LogP contribution in [-0.4, -0.2) is 43.3 Å². The number of para-hydroxylation sites is 1. The van der Waals surface area contributed by atoms with Gasteiger partial charge in [0.05, 0.1) is 12.6 Å². The molecule has 1 saturated heterocycles. The highest BCUT2D eigenvalue weighted by Gasteiger charge is 2.29. The Bertz CT molecular complexity index is 498. The molecule has 1 N–H and O–H groups in total. The molecule has 0 spiro atoms. The third kappa shape index (κ3) is 3.13. The van der Waals surface area contributed by atoms with Gasteiger partial charge in [-0.15, -0.1) is 0 Å². The first kappa shape index (κ1) is 14.2. The van der Waals surface area contributed by atoms with Gasteiger partial charge in [0, 0.05) is 24.7 Å². The Balaban J connectivity index is 1.51. The Morgan fingerprint density at radius 1 is 1.38 bits per heavy atom. The number of carbonyl (C=O) groups is 1. The van der Waals surface area contributed by atoms with Crippen LogP contribution in [0, 0.1) is 0 Å². The summed E-state index contributed by atoms with van der Waals surface area (Å²) in [4.78, 5) is 13.5. The van der Waals surface area contributed by atoms with Gasteiger partial charge in [-0.25, -0.2) is 4.79 Å². The molecule has 2 aliphatic rings. The van der Waals surface area contributed by atoms with E-state index in [0.717, 1.165) is 31.7 Å². The summed E-state index contributed by atoms with van der Waals surface area (Å²) < 4.78 is 10.7. The first-order valence-electron chi connectivity index (χ1n) is 7.67. The molecule has 0 bridgehead atoms. The van der Waals surface area contributed by atoms with Crippen LogP contribution in [0.2, 0.25) is 0 Å². The second-order valence-electron chi connectivity index (χ2n) is 5.53. The van der Waals surface area contributed by atoms with E-state index < -0.39 is 0 Å². The number of ether oxygens (including phenoxy) is 2. The van der Waals surface area contributed by atoms with Gasteiger partial charge in [0.1, 0.15) is 12.4 Å². The molecule has 21 heavy (non-hydrogen) atoms. The Morgan fingerprint density at radius 3 is 2.90 bits per heavy atom. The summed E-state index contributed by atoms with van der Waals surface area (Å²) in [5.41, 5.74) is 1.24. The molecule has 2 heterocycles. The molecule has 0 saturated carbocycles. The summed E-state index contributed by atoms with van der Waals surface area (Å²) in [5.74, 6) is 0.985. The summed E-state index contributed by atoms with van der Waals surface area (Å²) in [6, 6.07) is 8.87. The summed E-state index contributed by atoms with van der Waals surface area (Å²) in [6.45, 7) is 4.48. The topological polar surface area (TPSA) is 50.8 Å². The quantitative estimate of drug-likeness (QED) is 0.928. The van der Waals surface area contributed by atoms with Gasteiger partial charge in [0.15, 0.2) is 0 Å².